The number of rotatable bonds is 4. The molecule has 0 aromatic heterocycles. The van der Waals surface area contributed by atoms with Gasteiger partial charge in [-0.05, 0) is 43.4 Å². The molecule has 1 N–H and O–H groups in total. The fraction of sp³-hybridized carbons (Fsp3) is 0.538. The number of methoxy groups -OCH3 is 1. The van der Waals surface area contributed by atoms with Crippen molar-refractivity contribution in [3.8, 4) is 5.75 Å². The van der Waals surface area contributed by atoms with Gasteiger partial charge in [0.2, 0.25) is 0 Å². The molecule has 0 spiro atoms. The average molecular weight is 208 g/mol. The van der Waals surface area contributed by atoms with Crippen LogP contribution in [0.25, 0.3) is 0 Å². The van der Waals surface area contributed by atoms with Gasteiger partial charge in [0, 0.05) is 0 Å². The fourth-order valence-corrected chi connectivity index (χ4v) is 1.61. The van der Waals surface area contributed by atoms with Crippen LogP contribution in [0.5, 0.6) is 5.75 Å². The van der Waals surface area contributed by atoms with E-state index in [1.54, 1.807) is 7.11 Å². The Balaban J connectivity index is 2.75. The van der Waals surface area contributed by atoms with Crippen molar-refractivity contribution in [1.82, 2.24) is 0 Å². The van der Waals surface area contributed by atoms with Gasteiger partial charge in [0.25, 0.3) is 0 Å². The first-order valence-corrected chi connectivity index (χ1v) is 5.36. The first kappa shape index (κ1) is 12.1. The Morgan fingerprint density at radius 2 is 2.00 bits per heavy atom. The maximum atomic E-state index is 9.43. The molecule has 0 bridgehead atoms. The Labute approximate surface area is 91.9 Å². The number of ether oxygens (including phenoxy) is 1. The molecule has 1 rings (SSSR count). The monoisotopic (exact) mass is 208 g/mol. The van der Waals surface area contributed by atoms with Crippen LogP contribution in [0.15, 0.2) is 18.2 Å². The molecule has 2 heteroatoms. The quantitative estimate of drug-likeness (QED) is 0.824. The molecule has 1 aromatic carbocycles. The summed E-state index contributed by atoms with van der Waals surface area (Å²) < 4.78 is 5.20. The second kappa shape index (κ2) is 5.17. The van der Waals surface area contributed by atoms with E-state index in [2.05, 4.69) is 19.1 Å². The summed E-state index contributed by atoms with van der Waals surface area (Å²) in [5, 5.41) is 9.43. The van der Waals surface area contributed by atoms with E-state index in [1.807, 2.05) is 19.9 Å². The van der Waals surface area contributed by atoms with Crippen molar-refractivity contribution in [3.05, 3.63) is 29.3 Å². The zero-order chi connectivity index (χ0) is 11.4. The summed E-state index contributed by atoms with van der Waals surface area (Å²) >= 11 is 0. The number of hydrogen-bond donors (Lipinski definition) is 1. The maximum absolute atomic E-state index is 9.43. The molecule has 0 aliphatic carbocycles. The van der Waals surface area contributed by atoms with Gasteiger partial charge in [0.05, 0.1) is 13.2 Å². The molecule has 2 unspecified atom stereocenters. The topological polar surface area (TPSA) is 29.5 Å². The largest absolute Gasteiger partial charge is 0.496 e. The van der Waals surface area contributed by atoms with Crippen molar-refractivity contribution in [2.45, 2.75) is 33.3 Å². The highest BCUT2D eigenvalue weighted by Crippen LogP contribution is 2.21. The van der Waals surface area contributed by atoms with Crippen molar-refractivity contribution in [1.29, 1.82) is 0 Å². The van der Waals surface area contributed by atoms with Crippen molar-refractivity contribution < 1.29 is 9.84 Å². The molecular formula is C13H20O2. The third kappa shape index (κ3) is 3.24. The van der Waals surface area contributed by atoms with Crippen LogP contribution in [0.2, 0.25) is 0 Å². The summed E-state index contributed by atoms with van der Waals surface area (Å²) in [5.41, 5.74) is 2.40. The Bertz CT molecular complexity index is 318. The second-order valence-corrected chi connectivity index (χ2v) is 4.23. The van der Waals surface area contributed by atoms with Gasteiger partial charge in [0.15, 0.2) is 0 Å². The van der Waals surface area contributed by atoms with Gasteiger partial charge in [-0.25, -0.2) is 0 Å². The SMILES string of the molecule is COc1ccc(CC(C)C(C)O)cc1C. The third-order valence-electron chi connectivity index (χ3n) is 2.84. The number of aliphatic hydroxyl groups excluding tert-OH is 1. The average Bonchev–Trinajstić information content (AvgIpc) is 2.18. The van der Waals surface area contributed by atoms with Gasteiger partial charge in [-0.3, -0.25) is 0 Å². The summed E-state index contributed by atoms with van der Waals surface area (Å²) in [5.74, 6) is 1.21. The first-order chi connectivity index (χ1) is 7.04. The standard InChI is InChI=1S/C13H20O2/c1-9(11(3)14)7-12-5-6-13(15-4)10(2)8-12/h5-6,8-9,11,14H,7H2,1-4H3. The van der Waals surface area contributed by atoms with Crippen LogP contribution in [0.3, 0.4) is 0 Å². The molecule has 0 amide bonds. The van der Waals surface area contributed by atoms with Crippen LogP contribution < -0.4 is 4.74 Å². The predicted octanol–water partition coefficient (Wildman–Crippen LogP) is 2.56. The summed E-state index contributed by atoms with van der Waals surface area (Å²) in [4.78, 5) is 0. The van der Waals surface area contributed by atoms with Crippen LogP contribution in [-0.4, -0.2) is 18.3 Å². The molecule has 0 saturated carbocycles. The van der Waals surface area contributed by atoms with E-state index in [-0.39, 0.29) is 12.0 Å². The van der Waals surface area contributed by atoms with Gasteiger partial charge in [0.1, 0.15) is 5.75 Å². The van der Waals surface area contributed by atoms with E-state index < -0.39 is 0 Å². The molecule has 0 heterocycles. The molecule has 2 atom stereocenters. The van der Waals surface area contributed by atoms with Crippen molar-refractivity contribution in [2.24, 2.45) is 5.92 Å². The van der Waals surface area contributed by atoms with Crippen LogP contribution in [0.1, 0.15) is 25.0 Å². The first-order valence-electron chi connectivity index (χ1n) is 5.36. The minimum absolute atomic E-state index is 0.257. The lowest BCUT2D eigenvalue weighted by atomic mass is 9.96. The lowest BCUT2D eigenvalue weighted by molar-refractivity contribution is 0.135. The molecule has 84 valence electrons. The van der Waals surface area contributed by atoms with E-state index >= 15 is 0 Å². The molecular weight excluding hydrogens is 188 g/mol. The zero-order valence-corrected chi connectivity index (χ0v) is 9.95. The lowest BCUT2D eigenvalue weighted by Gasteiger charge is -2.15. The second-order valence-electron chi connectivity index (χ2n) is 4.23. The Kier molecular flexibility index (Phi) is 4.15. The summed E-state index contributed by atoms with van der Waals surface area (Å²) in [7, 11) is 1.68. The van der Waals surface area contributed by atoms with Crippen molar-refractivity contribution in [2.75, 3.05) is 7.11 Å². The Hall–Kier alpha value is -1.02. The molecule has 0 radical (unpaired) electrons. The van der Waals surface area contributed by atoms with E-state index in [0.717, 1.165) is 17.7 Å². The zero-order valence-electron chi connectivity index (χ0n) is 9.95. The van der Waals surface area contributed by atoms with Gasteiger partial charge >= 0.3 is 0 Å². The van der Waals surface area contributed by atoms with Gasteiger partial charge in [-0.15, -0.1) is 0 Å². The van der Waals surface area contributed by atoms with E-state index in [9.17, 15) is 5.11 Å². The normalized spacial score (nSPS) is 14.7. The molecule has 0 fully saturated rings. The van der Waals surface area contributed by atoms with Gasteiger partial charge in [-0.2, -0.15) is 0 Å². The highest BCUT2D eigenvalue weighted by Gasteiger charge is 2.10. The molecule has 0 aliphatic rings. The highest BCUT2D eigenvalue weighted by molar-refractivity contribution is 5.36. The number of hydrogen-bond acceptors (Lipinski definition) is 2. The van der Waals surface area contributed by atoms with Crippen LogP contribution in [0, 0.1) is 12.8 Å². The number of aryl methyl sites for hydroxylation is 1. The summed E-state index contributed by atoms with van der Waals surface area (Å²) in [6.45, 7) is 5.93. The van der Waals surface area contributed by atoms with Crippen LogP contribution in [0.4, 0.5) is 0 Å². The molecule has 0 saturated heterocycles. The van der Waals surface area contributed by atoms with E-state index in [0.29, 0.717) is 0 Å². The van der Waals surface area contributed by atoms with Gasteiger partial charge < -0.3 is 9.84 Å². The van der Waals surface area contributed by atoms with E-state index in [4.69, 9.17) is 4.74 Å². The van der Waals surface area contributed by atoms with Crippen LogP contribution >= 0.6 is 0 Å². The molecule has 15 heavy (non-hydrogen) atoms. The van der Waals surface area contributed by atoms with Crippen molar-refractivity contribution >= 4 is 0 Å². The number of benzene rings is 1. The Morgan fingerprint density at radius 3 is 2.47 bits per heavy atom. The molecule has 2 nitrogen and oxygen atoms in total. The summed E-state index contributed by atoms with van der Waals surface area (Å²) in [6.07, 6.45) is 0.648. The maximum Gasteiger partial charge on any atom is 0.121 e. The van der Waals surface area contributed by atoms with Gasteiger partial charge in [-0.1, -0.05) is 19.1 Å². The van der Waals surface area contributed by atoms with E-state index in [1.165, 1.54) is 5.56 Å². The third-order valence-corrected chi connectivity index (χ3v) is 2.84. The van der Waals surface area contributed by atoms with Crippen LogP contribution in [-0.2, 0) is 6.42 Å². The fourth-order valence-electron chi connectivity index (χ4n) is 1.61. The lowest BCUT2D eigenvalue weighted by Crippen LogP contribution is -2.15. The molecule has 1 aromatic rings. The highest BCUT2D eigenvalue weighted by atomic mass is 16.5. The predicted molar refractivity (Wildman–Crippen MR) is 62.3 cm³/mol. The van der Waals surface area contributed by atoms with Crippen molar-refractivity contribution in [3.63, 3.8) is 0 Å². The Morgan fingerprint density at radius 1 is 1.33 bits per heavy atom. The minimum atomic E-state index is -0.257. The minimum Gasteiger partial charge on any atom is -0.496 e. The smallest absolute Gasteiger partial charge is 0.121 e. The summed E-state index contributed by atoms with van der Waals surface area (Å²) in [6, 6.07) is 6.17. The molecule has 0 aliphatic heterocycles. The number of aliphatic hydroxyl groups is 1.